The fourth-order valence-corrected chi connectivity index (χ4v) is 3.16. The molecule has 150 valence electrons. The van der Waals surface area contributed by atoms with Gasteiger partial charge in [0.05, 0.1) is 18.4 Å². The van der Waals surface area contributed by atoms with E-state index in [1.54, 1.807) is 31.2 Å². The first-order valence-electron chi connectivity index (χ1n) is 8.62. The Kier molecular flexibility index (Phi) is 4.65. The van der Waals surface area contributed by atoms with E-state index in [0.29, 0.717) is 29.0 Å². The smallest absolute Gasteiger partial charge is 0.303 e. The average molecular weight is 423 g/mol. The van der Waals surface area contributed by atoms with E-state index in [-0.39, 0.29) is 17.5 Å². The summed E-state index contributed by atoms with van der Waals surface area (Å²) >= 11 is 5.81. The monoisotopic (exact) mass is 422 g/mol. The largest absolute Gasteiger partial charge is 0.435 e. The summed E-state index contributed by atoms with van der Waals surface area (Å²) < 4.78 is 41.6. The number of hydrogen-bond acceptors (Lipinski definition) is 4. The minimum atomic E-state index is -4.51. The first-order valence-corrected chi connectivity index (χ1v) is 9.00. The van der Waals surface area contributed by atoms with Crippen LogP contribution in [0.5, 0.6) is 0 Å². The van der Waals surface area contributed by atoms with Crippen LogP contribution in [-0.2, 0) is 19.1 Å². The van der Waals surface area contributed by atoms with E-state index in [1.165, 1.54) is 15.4 Å². The molecule has 4 rings (SSSR count). The number of rotatable bonds is 4. The summed E-state index contributed by atoms with van der Waals surface area (Å²) in [5, 5.41) is 3.71. The summed E-state index contributed by atoms with van der Waals surface area (Å²) in [6.45, 7) is 1.97. The Labute approximate surface area is 166 Å². The topological polar surface area (TPSA) is 81.4 Å². The van der Waals surface area contributed by atoms with Gasteiger partial charge >= 0.3 is 11.9 Å². The maximum Gasteiger partial charge on any atom is 0.435 e. The molecule has 0 radical (unpaired) electrons. The maximum absolute atomic E-state index is 13.0. The number of imidazole rings is 1. The van der Waals surface area contributed by atoms with E-state index >= 15 is 0 Å². The van der Waals surface area contributed by atoms with Gasteiger partial charge in [-0.1, -0.05) is 19.1 Å². The number of aromatic nitrogens is 6. The Morgan fingerprint density at radius 2 is 1.93 bits per heavy atom. The van der Waals surface area contributed by atoms with E-state index < -0.39 is 11.9 Å². The summed E-state index contributed by atoms with van der Waals surface area (Å²) in [4.78, 5) is 22.7. The highest BCUT2D eigenvalue weighted by Gasteiger charge is 2.34. The molecule has 0 atom stereocenters. The second-order valence-corrected chi connectivity index (χ2v) is 6.68. The number of nitrogens with one attached hydrogen (secondary N) is 1. The van der Waals surface area contributed by atoms with E-state index in [1.807, 2.05) is 0 Å². The van der Waals surface area contributed by atoms with Gasteiger partial charge in [0.1, 0.15) is 5.52 Å². The molecule has 11 heteroatoms. The van der Waals surface area contributed by atoms with Crippen LogP contribution in [0.3, 0.4) is 0 Å². The molecule has 0 fully saturated rings. The summed E-state index contributed by atoms with van der Waals surface area (Å²) in [6, 6.07) is 7.80. The SMILES string of the molecule is CCc1cc(C(F)(F)F)nn1-c1ccc(Cn2c(=O)[nH]c3cnc(Cl)nc32)cc1. The molecular formula is C18H14ClF3N6O. The number of nitrogens with zero attached hydrogens (tertiary/aromatic N) is 5. The summed E-state index contributed by atoms with van der Waals surface area (Å²) in [6.07, 6.45) is -2.68. The van der Waals surface area contributed by atoms with Gasteiger partial charge in [-0.25, -0.2) is 14.5 Å². The van der Waals surface area contributed by atoms with E-state index in [2.05, 4.69) is 20.1 Å². The molecule has 29 heavy (non-hydrogen) atoms. The van der Waals surface area contributed by atoms with Crippen molar-refractivity contribution in [1.82, 2.24) is 29.3 Å². The lowest BCUT2D eigenvalue weighted by atomic mass is 10.2. The third-order valence-electron chi connectivity index (χ3n) is 4.44. The zero-order chi connectivity index (χ0) is 20.8. The lowest BCUT2D eigenvalue weighted by Crippen LogP contribution is -2.17. The number of halogens is 4. The predicted octanol–water partition coefficient (Wildman–Crippen LogP) is 3.59. The van der Waals surface area contributed by atoms with Gasteiger partial charge in [0.15, 0.2) is 11.3 Å². The van der Waals surface area contributed by atoms with Crippen LogP contribution in [0.25, 0.3) is 16.9 Å². The van der Waals surface area contributed by atoms with Crippen LogP contribution >= 0.6 is 11.6 Å². The Balaban J connectivity index is 1.66. The zero-order valence-electron chi connectivity index (χ0n) is 15.0. The Morgan fingerprint density at radius 1 is 1.21 bits per heavy atom. The Hall–Kier alpha value is -3.14. The van der Waals surface area contributed by atoms with Gasteiger partial charge in [-0.15, -0.1) is 0 Å². The first-order chi connectivity index (χ1) is 13.8. The van der Waals surface area contributed by atoms with Crippen LogP contribution in [0.2, 0.25) is 5.28 Å². The molecule has 0 aliphatic heterocycles. The molecule has 0 amide bonds. The van der Waals surface area contributed by atoms with Crippen molar-refractivity contribution in [3.05, 3.63) is 69.2 Å². The number of H-pyrrole nitrogens is 1. The van der Waals surface area contributed by atoms with Crippen molar-refractivity contribution < 1.29 is 13.2 Å². The second kappa shape index (κ2) is 7.03. The van der Waals surface area contributed by atoms with Crippen LogP contribution in [-0.4, -0.2) is 29.3 Å². The fraction of sp³-hybridized carbons (Fsp3) is 0.222. The minimum Gasteiger partial charge on any atom is -0.303 e. The molecule has 0 saturated heterocycles. The van der Waals surface area contributed by atoms with Gasteiger partial charge < -0.3 is 4.98 Å². The van der Waals surface area contributed by atoms with Gasteiger partial charge in [0.2, 0.25) is 5.28 Å². The summed E-state index contributed by atoms with van der Waals surface area (Å²) in [5.41, 5.74) is 1.24. The average Bonchev–Trinajstić information content (AvgIpc) is 3.24. The first kappa shape index (κ1) is 19.2. The van der Waals surface area contributed by atoms with E-state index in [9.17, 15) is 18.0 Å². The van der Waals surface area contributed by atoms with Crippen molar-refractivity contribution in [3.63, 3.8) is 0 Å². The van der Waals surface area contributed by atoms with Crippen LogP contribution in [0.4, 0.5) is 13.2 Å². The highest BCUT2D eigenvalue weighted by molar-refractivity contribution is 6.28. The second-order valence-electron chi connectivity index (χ2n) is 6.34. The number of alkyl halides is 3. The number of aromatic amines is 1. The van der Waals surface area contributed by atoms with Crippen molar-refractivity contribution in [1.29, 1.82) is 0 Å². The normalized spacial score (nSPS) is 12.0. The van der Waals surface area contributed by atoms with Gasteiger partial charge in [-0.3, -0.25) is 4.57 Å². The van der Waals surface area contributed by atoms with Gasteiger partial charge in [-0.2, -0.15) is 23.3 Å². The van der Waals surface area contributed by atoms with E-state index in [4.69, 9.17) is 11.6 Å². The third kappa shape index (κ3) is 3.63. The van der Waals surface area contributed by atoms with Crippen molar-refractivity contribution in [2.45, 2.75) is 26.1 Å². The summed E-state index contributed by atoms with van der Waals surface area (Å²) in [5.74, 6) is 0. The van der Waals surface area contributed by atoms with Crippen molar-refractivity contribution in [2.24, 2.45) is 0 Å². The molecule has 1 N–H and O–H groups in total. The molecule has 3 heterocycles. The third-order valence-corrected chi connectivity index (χ3v) is 4.62. The predicted molar refractivity (Wildman–Crippen MR) is 100 cm³/mol. The van der Waals surface area contributed by atoms with Crippen LogP contribution in [0.15, 0.2) is 41.3 Å². The van der Waals surface area contributed by atoms with Crippen molar-refractivity contribution in [3.8, 4) is 5.69 Å². The van der Waals surface area contributed by atoms with Crippen LogP contribution in [0.1, 0.15) is 23.9 Å². The lowest BCUT2D eigenvalue weighted by molar-refractivity contribution is -0.141. The zero-order valence-corrected chi connectivity index (χ0v) is 15.8. The van der Waals surface area contributed by atoms with Crippen molar-refractivity contribution in [2.75, 3.05) is 0 Å². The standard InChI is InChI=1S/C18H14ClF3N6O/c1-2-11-7-14(18(20,21)22)26-28(11)12-5-3-10(4-6-12)9-27-15-13(24-17(27)29)8-23-16(19)25-15/h3-8H,2,9H2,1H3,(H,24,29). The molecule has 0 spiro atoms. The molecule has 0 aliphatic carbocycles. The molecule has 0 bridgehead atoms. The number of hydrogen-bond donors (Lipinski definition) is 1. The molecule has 0 aliphatic rings. The molecule has 0 unspecified atom stereocenters. The number of benzene rings is 1. The molecule has 7 nitrogen and oxygen atoms in total. The number of aryl methyl sites for hydroxylation is 1. The van der Waals surface area contributed by atoms with Gasteiger partial charge in [-0.05, 0) is 41.8 Å². The highest BCUT2D eigenvalue weighted by Crippen LogP contribution is 2.29. The summed E-state index contributed by atoms with van der Waals surface area (Å²) in [7, 11) is 0. The Bertz CT molecular complexity index is 1240. The lowest BCUT2D eigenvalue weighted by Gasteiger charge is -2.08. The molecule has 0 saturated carbocycles. The van der Waals surface area contributed by atoms with Gasteiger partial charge in [0.25, 0.3) is 0 Å². The quantitative estimate of drug-likeness (QED) is 0.510. The molecule has 1 aromatic carbocycles. The van der Waals surface area contributed by atoms with E-state index in [0.717, 1.165) is 11.6 Å². The minimum absolute atomic E-state index is 0.0202. The fourth-order valence-electron chi connectivity index (χ4n) is 3.03. The molecular weight excluding hydrogens is 409 g/mol. The maximum atomic E-state index is 13.0. The van der Waals surface area contributed by atoms with Crippen molar-refractivity contribution >= 4 is 22.8 Å². The van der Waals surface area contributed by atoms with Gasteiger partial charge in [0, 0.05) is 5.69 Å². The molecule has 3 aromatic heterocycles. The highest BCUT2D eigenvalue weighted by atomic mass is 35.5. The Morgan fingerprint density at radius 3 is 2.59 bits per heavy atom. The van der Waals surface area contributed by atoms with Crippen LogP contribution < -0.4 is 5.69 Å². The number of fused-ring (bicyclic) bond motifs is 1. The van der Waals surface area contributed by atoms with Crippen LogP contribution in [0, 0.1) is 0 Å². The molecule has 4 aromatic rings.